The van der Waals surface area contributed by atoms with Crippen molar-refractivity contribution in [3.05, 3.63) is 78.9 Å². The number of rotatable bonds is 9. The quantitative estimate of drug-likeness (QED) is 0.199. The number of alkyl halides is 3. The number of benzene rings is 4. The van der Waals surface area contributed by atoms with E-state index in [9.17, 15) is 26.7 Å². The third-order valence-corrected chi connectivity index (χ3v) is 8.72. The van der Waals surface area contributed by atoms with Gasteiger partial charge >= 0.3 is 6.18 Å². The third-order valence-electron chi connectivity index (χ3n) is 7.02. The number of nitrogens with one attached hydrogen (secondary N) is 1. The summed E-state index contributed by atoms with van der Waals surface area (Å²) < 4.78 is 74.9. The van der Waals surface area contributed by atoms with Gasteiger partial charge in [-0.15, -0.1) is 12.4 Å². The van der Waals surface area contributed by atoms with E-state index in [1.54, 1.807) is 36.4 Å². The van der Waals surface area contributed by atoms with Crippen molar-refractivity contribution in [3.63, 3.8) is 0 Å². The second-order valence-electron chi connectivity index (χ2n) is 10.1. The summed E-state index contributed by atoms with van der Waals surface area (Å²) in [4.78, 5) is -0.415. The van der Waals surface area contributed by atoms with E-state index in [4.69, 9.17) is 9.47 Å². The lowest BCUT2D eigenvalue weighted by Crippen LogP contribution is -2.35. The van der Waals surface area contributed by atoms with Gasteiger partial charge in [-0.1, -0.05) is 24.6 Å². The molecule has 0 aliphatic carbocycles. The Labute approximate surface area is 248 Å². The highest BCUT2D eigenvalue weighted by Crippen LogP contribution is 2.41. The Morgan fingerprint density at radius 1 is 0.905 bits per heavy atom. The Bertz CT molecular complexity index is 1610. The SMILES string of the molecule is Cl.O=S(=O)(CC(F)(F)F)c1ccc(-c2ccc3cc(O)ccc3c2Oc2ccc(OCCC3CCCCN3)cc2)cc1. The van der Waals surface area contributed by atoms with Crippen molar-refractivity contribution in [2.75, 3.05) is 18.9 Å². The molecule has 1 fully saturated rings. The van der Waals surface area contributed by atoms with E-state index in [1.807, 2.05) is 12.1 Å². The lowest BCUT2D eigenvalue weighted by molar-refractivity contribution is -0.106. The zero-order valence-electron chi connectivity index (χ0n) is 22.6. The van der Waals surface area contributed by atoms with Crippen LogP contribution in [0, 0.1) is 0 Å². The zero-order chi connectivity index (χ0) is 29.0. The molecule has 11 heteroatoms. The van der Waals surface area contributed by atoms with E-state index in [0.29, 0.717) is 51.8 Å². The van der Waals surface area contributed by atoms with Gasteiger partial charge in [0.05, 0.1) is 11.5 Å². The molecule has 0 amide bonds. The lowest BCUT2D eigenvalue weighted by Gasteiger charge is -2.23. The maximum absolute atomic E-state index is 12.8. The summed E-state index contributed by atoms with van der Waals surface area (Å²) in [6, 6.07) is 21.3. The van der Waals surface area contributed by atoms with E-state index in [1.165, 1.54) is 31.0 Å². The van der Waals surface area contributed by atoms with Crippen LogP contribution in [0.15, 0.2) is 83.8 Å². The predicted octanol–water partition coefficient (Wildman–Crippen LogP) is 7.67. The number of fused-ring (bicyclic) bond motifs is 1. The van der Waals surface area contributed by atoms with Crippen LogP contribution in [0.5, 0.6) is 23.0 Å². The topological polar surface area (TPSA) is 84.9 Å². The second kappa shape index (κ2) is 13.2. The normalized spacial score (nSPS) is 15.6. The molecule has 5 rings (SSSR count). The molecule has 1 unspecified atom stereocenters. The number of aromatic hydroxyl groups is 1. The monoisotopic (exact) mass is 621 g/mol. The summed E-state index contributed by atoms with van der Waals surface area (Å²) in [5, 5.41) is 14.9. The van der Waals surface area contributed by atoms with Crippen LogP contribution in [0.25, 0.3) is 21.9 Å². The molecule has 2 N–H and O–H groups in total. The Hall–Kier alpha value is -3.47. The van der Waals surface area contributed by atoms with Gasteiger partial charge in [0.25, 0.3) is 0 Å². The van der Waals surface area contributed by atoms with Gasteiger partial charge in [0, 0.05) is 17.0 Å². The summed E-state index contributed by atoms with van der Waals surface area (Å²) in [5.74, 6) is -0.153. The van der Waals surface area contributed by atoms with Gasteiger partial charge in [-0.25, -0.2) is 8.42 Å². The van der Waals surface area contributed by atoms with Crippen LogP contribution in [0.4, 0.5) is 13.2 Å². The minimum atomic E-state index is -4.84. The summed E-state index contributed by atoms with van der Waals surface area (Å²) in [7, 11) is -4.53. The molecule has 1 aliphatic heterocycles. The second-order valence-corrected chi connectivity index (χ2v) is 12.1. The predicted molar refractivity (Wildman–Crippen MR) is 159 cm³/mol. The molecule has 1 aliphatic rings. The first-order chi connectivity index (χ1) is 19.6. The summed E-state index contributed by atoms with van der Waals surface area (Å²) in [6.07, 6.45) is -0.294. The third kappa shape index (κ3) is 7.87. The molecule has 0 aromatic heterocycles. The number of hydrogen-bond acceptors (Lipinski definition) is 6. The number of piperidine rings is 1. The average Bonchev–Trinajstić information content (AvgIpc) is 2.93. The van der Waals surface area contributed by atoms with Crippen LogP contribution in [0.2, 0.25) is 0 Å². The molecule has 0 radical (unpaired) electrons. The van der Waals surface area contributed by atoms with Crippen LogP contribution in [-0.2, 0) is 9.84 Å². The lowest BCUT2D eigenvalue weighted by atomic mass is 9.99. The fourth-order valence-electron chi connectivity index (χ4n) is 4.98. The van der Waals surface area contributed by atoms with Gasteiger partial charge < -0.3 is 19.9 Å². The summed E-state index contributed by atoms with van der Waals surface area (Å²) in [5.41, 5.74) is 1.15. The maximum Gasteiger partial charge on any atom is 0.403 e. The van der Waals surface area contributed by atoms with Crippen LogP contribution >= 0.6 is 12.4 Å². The molecule has 4 aromatic carbocycles. The minimum absolute atomic E-state index is 0. The largest absolute Gasteiger partial charge is 0.508 e. The first-order valence-electron chi connectivity index (χ1n) is 13.4. The van der Waals surface area contributed by atoms with Crippen LogP contribution < -0.4 is 14.8 Å². The van der Waals surface area contributed by atoms with Gasteiger partial charge in [-0.2, -0.15) is 13.2 Å². The highest BCUT2D eigenvalue weighted by Gasteiger charge is 2.36. The summed E-state index contributed by atoms with van der Waals surface area (Å²) >= 11 is 0. The number of phenols is 1. The standard InChI is InChI=1S/C31H30F3NO5S.ClH/c32-31(33,34)20-41(37,38)27-12-4-21(5-13-27)28-14-6-22-19-24(36)7-15-29(22)30(28)40-26-10-8-25(9-11-26)39-18-16-23-3-1-2-17-35-23;/h4-15,19,23,35-36H,1-3,16-18,20H2;1H. The van der Waals surface area contributed by atoms with Crippen molar-refractivity contribution in [1.82, 2.24) is 5.32 Å². The molecule has 1 atom stereocenters. The van der Waals surface area contributed by atoms with Gasteiger partial charge in [-0.05, 0) is 97.4 Å². The average molecular weight is 622 g/mol. The molecule has 224 valence electrons. The van der Waals surface area contributed by atoms with Crippen molar-refractivity contribution < 1.29 is 36.2 Å². The molecule has 0 spiro atoms. The molecule has 1 heterocycles. The molecule has 1 saturated heterocycles. The number of halogens is 4. The minimum Gasteiger partial charge on any atom is -0.508 e. The number of sulfone groups is 1. The molecule has 4 aromatic rings. The number of ether oxygens (including phenoxy) is 2. The van der Waals surface area contributed by atoms with E-state index in [-0.39, 0.29) is 18.2 Å². The van der Waals surface area contributed by atoms with E-state index in [0.717, 1.165) is 31.5 Å². The van der Waals surface area contributed by atoms with Crippen molar-refractivity contribution in [2.45, 2.75) is 42.8 Å². The molecular formula is C31H31ClF3NO5S. The molecule has 0 saturated carbocycles. The highest BCUT2D eigenvalue weighted by atomic mass is 35.5. The van der Waals surface area contributed by atoms with Crippen molar-refractivity contribution in [1.29, 1.82) is 0 Å². The van der Waals surface area contributed by atoms with Crippen molar-refractivity contribution in [3.8, 4) is 34.1 Å². The number of phenolic OH excluding ortho intramolecular Hbond substituents is 1. The first kappa shape index (κ1) is 31.5. The van der Waals surface area contributed by atoms with E-state index in [2.05, 4.69) is 5.32 Å². The van der Waals surface area contributed by atoms with Crippen LogP contribution in [0.3, 0.4) is 0 Å². The fraction of sp³-hybridized carbons (Fsp3) is 0.290. The molecular weight excluding hydrogens is 591 g/mol. The number of hydrogen-bond donors (Lipinski definition) is 2. The van der Waals surface area contributed by atoms with Crippen LogP contribution in [0.1, 0.15) is 25.7 Å². The Morgan fingerprint density at radius 2 is 1.62 bits per heavy atom. The highest BCUT2D eigenvalue weighted by molar-refractivity contribution is 7.91. The zero-order valence-corrected chi connectivity index (χ0v) is 24.2. The summed E-state index contributed by atoms with van der Waals surface area (Å²) in [6.45, 7) is 1.65. The first-order valence-corrected chi connectivity index (χ1v) is 15.0. The molecule has 6 nitrogen and oxygen atoms in total. The van der Waals surface area contributed by atoms with Crippen LogP contribution in [-0.4, -0.2) is 44.6 Å². The molecule has 42 heavy (non-hydrogen) atoms. The molecule has 0 bridgehead atoms. The van der Waals surface area contributed by atoms with Crippen molar-refractivity contribution >= 4 is 33.0 Å². The van der Waals surface area contributed by atoms with Gasteiger partial charge in [-0.3, -0.25) is 0 Å². The Balaban J connectivity index is 0.00000405. The van der Waals surface area contributed by atoms with Gasteiger partial charge in [0.15, 0.2) is 15.6 Å². The fourth-order valence-corrected chi connectivity index (χ4v) is 6.13. The van der Waals surface area contributed by atoms with Gasteiger partial charge in [0.1, 0.15) is 23.0 Å². The van der Waals surface area contributed by atoms with Crippen molar-refractivity contribution in [2.24, 2.45) is 0 Å². The Kier molecular flexibility index (Phi) is 9.91. The smallest absolute Gasteiger partial charge is 0.403 e. The van der Waals surface area contributed by atoms with Gasteiger partial charge in [0.2, 0.25) is 0 Å². The van der Waals surface area contributed by atoms with E-state index < -0.39 is 26.7 Å². The maximum atomic E-state index is 12.8. The van der Waals surface area contributed by atoms with E-state index >= 15 is 0 Å². The Morgan fingerprint density at radius 3 is 2.29 bits per heavy atom.